The van der Waals surface area contributed by atoms with Crippen molar-refractivity contribution >= 4 is 41.0 Å². The molecule has 26 heavy (non-hydrogen) atoms. The first-order chi connectivity index (χ1) is 12.7. The van der Waals surface area contributed by atoms with Gasteiger partial charge < -0.3 is 10.6 Å². The van der Waals surface area contributed by atoms with Gasteiger partial charge in [-0.05, 0) is 23.3 Å². The largest absolute Gasteiger partial charge is 0.355 e. The second-order valence-corrected chi connectivity index (χ2v) is 8.73. The molecular weight excluding hydrogens is 364 g/mol. The van der Waals surface area contributed by atoms with Gasteiger partial charge in [0.05, 0.1) is 11.0 Å². The minimum Gasteiger partial charge on any atom is -0.355 e. The van der Waals surface area contributed by atoms with Gasteiger partial charge in [0.25, 0.3) is 0 Å². The Morgan fingerprint density at radius 3 is 2.50 bits per heavy atom. The van der Waals surface area contributed by atoms with Gasteiger partial charge in [-0.15, -0.1) is 23.5 Å². The van der Waals surface area contributed by atoms with Gasteiger partial charge in [0, 0.05) is 30.2 Å². The molecule has 1 saturated heterocycles. The Balaban J connectivity index is 1.41. The van der Waals surface area contributed by atoms with Crippen molar-refractivity contribution in [3.05, 3.63) is 65.7 Å². The fourth-order valence-corrected chi connectivity index (χ4v) is 5.53. The molecule has 136 valence electrons. The molecule has 0 unspecified atom stereocenters. The van der Waals surface area contributed by atoms with E-state index < -0.39 is 0 Å². The molecule has 6 heteroatoms. The predicted molar refractivity (Wildman–Crippen MR) is 111 cm³/mol. The maximum absolute atomic E-state index is 12.1. The summed E-state index contributed by atoms with van der Waals surface area (Å²) in [6.07, 6.45) is 0.596. The molecule has 0 atom stereocenters. The van der Waals surface area contributed by atoms with Crippen molar-refractivity contribution in [3.8, 4) is 0 Å². The third-order valence-electron chi connectivity index (χ3n) is 3.95. The molecule has 2 amide bonds. The molecule has 0 aromatic heterocycles. The number of carbonyl (C=O) groups excluding carboxylic acids is 2. The lowest BCUT2D eigenvalue weighted by molar-refractivity contribution is -0.120. The van der Waals surface area contributed by atoms with E-state index in [4.69, 9.17) is 0 Å². The minimum absolute atomic E-state index is 0.0683. The zero-order chi connectivity index (χ0) is 18.2. The van der Waals surface area contributed by atoms with Crippen LogP contribution in [0.4, 0.5) is 5.69 Å². The van der Waals surface area contributed by atoms with E-state index in [9.17, 15) is 9.59 Å². The highest BCUT2D eigenvalue weighted by atomic mass is 32.2. The van der Waals surface area contributed by atoms with Crippen molar-refractivity contribution in [2.75, 3.05) is 23.4 Å². The van der Waals surface area contributed by atoms with Gasteiger partial charge in [-0.25, -0.2) is 0 Å². The van der Waals surface area contributed by atoms with Crippen molar-refractivity contribution in [2.45, 2.75) is 17.4 Å². The zero-order valence-corrected chi connectivity index (χ0v) is 16.1. The molecule has 1 fully saturated rings. The second kappa shape index (κ2) is 9.69. The topological polar surface area (TPSA) is 58.2 Å². The molecule has 0 radical (unpaired) electrons. The normalized spacial score (nSPS) is 14.2. The number of thioether (sulfide) groups is 2. The molecule has 0 spiro atoms. The summed E-state index contributed by atoms with van der Waals surface area (Å²) in [5.41, 5.74) is 3.02. The Morgan fingerprint density at radius 2 is 1.73 bits per heavy atom. The van der Waals surface area contributed by atoms with E-state index in [2.05, 4.69) is 16.7 Å². The van der Waals surface area contributed by atoms with Gasteiger partial charge >= 0.3 is 0 Å². The van der Waals surface area contributed by atoms with Crippen LogP contribution in [0.15, 0.2) is 54.6 Å². The van der Waals surface area contributed by atoms with Gasteiger partial charge in [-0.2, -0.15) is 0 Å². The molecule has 1 aliphatic rings. The first kappa shape index (κ1) is 18.9. The Hall–Kier alpha value is -1.92. The summed E-state index contributed by atoms with van der Waals surface area (Å²) in [7, 11) is 0. The average Bonchev–Trinajstić information content (AvgIpc) is 3.17. The first-order valence-corrected chi connectivity index (χ1v) is 10.7. The SMILES string of the molecule is O=C(Cc1ccccc1)NCCC(=O)Nc1cccc(C2SCCS2)c1. The number of hydrogen-bond donors (Lipinski definition) is 2. The number of hydrogen-bond acceptors (Lipinski definition) is 4. The zero-order valence-electron chi connectivity index (χ0n) is 14.4. The highest BCUT2D eigenvalue weighted by molar-refractivity contribution is 8.19. The van der Waals surface area contributed by atoms with E-state index in [1.165, 1.54) is 17.1 Å². The van der Waals surface area contributed by atoms with Crippen molar-refractivity contribution in [1.29, 1.82) is 0 Å². The molecule has 2 N–H and O–H groups in total. The average molecular weight is 387 g/mol. The van der Waals surface area contributed by atoms with Crippen molar-refractivity contribution < 1.29 is 9.59 Å². The van der Waals surface area contributed by atoms with E-state index in [1.807, 2.05) is 72.1 Å². The van der Waals surface area contributed by atoms with E-state index in [0.29, 0.717) is 17.5 Å². The maximum Gasteiger partial charge on any atom is 0.226 e. The summed E-state index contributed by atoms with van der Waals surface area (Å²) in [5.74, 6) is 2.19. The van der Waals surface area contributed by atoms with Gasteiger partial charge in [0.2, 0.25) is 11.8 Å². The number of benzene rings is 2. The number of anilines is 1. The van der Waals surface area contributed by atoms with Crippen LogP contribution in [0.5, 0.6) is 0 Å². The van der Waals surface area contributed by atoms with Crippen LogP contribution in [0.2, 0.25) is 0 Å². The van der Waals surface area contributed by atoms with Crippen LogP contribution in [-0.2, 0) is 16.0 Å². The van der Waals surface area contributed by atoms with Crippen LogP contribution >= 0.6 is 23.5 Å². The number of amides is 2. The number of carbonyl (C=O) groups is 2. The summed E-state index contributed by atoms with van der Waals surface area (Å²) >= 11 is 3.89. The van der Waals surface area contributed by atoms with Gasteiger partial charge in [-0.1, -0.05) is 42.5 Å². The van der Waals surface area contributed by atoms with E-state index in [1.54, 1.807) is 0 Å². The summed E-state index contributed by atoms with van der Waals surface area (Å²) in [5, 5.41) is 5.72. The molecule has 1 aliphatic heterocycles. The molecule has 0 aliphatic carbocycles. The van der Waals surface area contributed by atoms with Crippen molar-refractivity contribution in [2.24, 2.45) is 0 Å². The van der Waals surface area contributed by atoms with Crippen LogP contribution < -0.4 is 10.6 Å². The molecule has 1 heterocycles. The van der Waals surface area contributed by atoms with Gasteiger partial charge in [-0.3, -0.25) is 9.59 Å². The van der Waals surface area contributed by atoms with Crippen LogP contribution in [0.3, 0.4) is 0 Å². The molecule has 4 nitrogen and oxygen atoms in total. The van der Waals surface area contributed by atoms with Crippen LogP contribution in [-0.4, -0.2) is 29.9 Å². The Bertz CT molecular complexity index is 746. The van der Waals surface area contributed by atoms with Crippen LogP contribution in [0.25, 0.3) is 0 Å². The lowest BCUT2D eigenvalue weighted by Gasteiger charge is -2.11. The van der Waals surface area contributed by atoms with Gasteiger partial charge in [0.15, 0.2) is 0 Å². The van der Waals surface area contributed by atoms with Crippen LogP contribution in [0, 0.1) is 0 Å². The van der Waals surface area contributed by atoms with E-state index in [0.717, 1.165) is 11.3 Å². The van der Waals surface area contributed by atoms with Crippen molar-refractivity contribution in [1.82, 2.24) is 5.32 Å². The summed E-state index contributed by atoms with van der Waals surface area (Å²) in [6.45, 7) is 0.339. The quantitative estimate of drug-likeness (QED) is 0.759. The third kappa shape index (κ3) is 5.81. The Kier molecular flexibility index (Phi) is 7.03. The highest BCUT2D eigenvalue weighted by Gasteiger charge is 2.18. The summed E-state index contributed by atoms with van der Waals surface area (Å²) < 4.78 is 0.462. The standard InChI is InChI=1S/C20H22N2O2S2/c23-18(9-10-21-19(24)13-15-5-2-1-3-6-15)22-17-8-4-7-16(14-17)20-25-11-12-26-20/h1-8,14,20H,9-13H2,(H,21,24)(H,22,23). The maximum atomic E-state index is 12.1. The fourth-order valence-electron chi connectivity index (χ4n) is 2.70. The lowest BCUT2D eigenvalue weighted by atomic mass is 10.1. The molecule has 3 rings (SSSR count). The monoisotopic (exact) mass is 386 g/mol. The lowest BCUT2D eigenvalue weighted by Crippen LogP contribution is -2.28. The Morgan fingerprint density at radius 1 is 0.962 bits per heavy atom. The smallest absolute Gasteiger partial charge is 0.226 e. The predicted octanol–water partition coefficient (Wildman–Crippen LogP) is 3.85. The summed E-state index contributed by atoms with van der Waals surface area (Å²) in [6, 6.07) is 17.6. The second-order valence-electron chi connectivity index (χ2n) is 6.01. The fraction of sp³-hybridized carbons (Fsp3) is 0.300. The van der Waals surface area contributed by atoms with Crippen LogP contribution in [0.1, 0.15) is 22.1 Å². The van der Waals surface area contributed by atoms with Crippen molar-refractivity contribution in [3.63, 3.8) is 0 Å². The number of nitrogens with one attached hydrogen (secondary N) is 2. The number of rotatable bonds is 7. The summed E-state index contributed by atoms with van der Waals surface area (Å²) in [4.78, 5) is 24.0. The van der Waals surface area contributed by atoms with E-state index in [-0.39, 0.29) is 18.2 Å². The first-order valence-electron chi connectivity index (χ1n) is 8.64. The van der Waals surface area contributed by atoms with E-state index >= 15 is 0 Å². The third-order valence-corrected chi connectivity index (χ3v) is 7.05. The molecular formula is C20H22N2O2S2. The molecule has 0 saturated carbocycles. The Labute approximate surface area is 162 Å². The minimum atomic E-state index is -0.0890. The molecule has 2 aromatic rings. The highest BCUT2D eigenvalue weighted by Crippen LogP contribution is 2.45. The molecule has 2 aromatic carbocycles. The molecule has 0 bridgehead atoms. The van der Waals surface area contributed by atoms with Gasteiger partial charge in [0.1, 0.15) is 0 Å².